The maximum Gasteiger partial charge on any atom is 0.248 e. The number of para-hydroxylation sites is 2. The average molecular weight is 698 g/mol. The van der Waals surface area contributed by atoms with Gasteiger partial charge in [0.2, 0.25) is 11.8 Å². The van der Waals surface area contributed by atoms with Crippen LogP contribution < -0.4 is 0 Å². The third-order valence-electron chi connectivity index (χ3n) is 11.1. The summed E-state index contributed by atoms with van der Waals surface area (Å²) in [4.78, 5) is 0. The Morgan fingerprint density at radius 3 is 1.76 bits per heavy atom. The summed E-state index contributed by atoms with van der Waals surface area (Å²) in [5.41, 5.74) is 16.9. The lowest BCUT2D eigenvalue weighted by molar-refractivity contribution is 0.582. The zero-order valence-corrected chi connectivity index (χ0v) is 30.7. The van der Waals surface area contributed by atoms with Gasteiger partial charge in [0.05, 0.1) is 11.0 Å². The van der Waals surface area contributed by atoms with Crippen LogP contribution in [0.1, 0.15) is 48.6 Å². The molecule has 1 aliphatic carbocycles. The van der Waals surface area contributed by atoms with Crippen molar-refractivity contribution in [2.45, 2.75) is 39.0 Å². The van der Waals surface area contributed by atoms with Crippen LogP contribution in [0.25, 0.3) is 72.7 Å². The molecule has 0 saturated carbocycles. The summed E-state index contributed by atoms with van der Waals surface area (Å²) < 4.78 is 8.76. The van der Waals surface area contributed by atoms with Crippen molar-refractivity contribution in [2.75, 3.05) is 0 Å². The predicted octanol–water partition coefficient (Wildman–Crippen LogP) is 12.6. The number of hydrogen-bond donors (Lipinski definition) is 0. The minimum Gasteiger partial charge on any atom is -0.416 e. The van der Waals surface area contributed by atoms with E-state index in [1.807, 2.05) is 0 Å². The van der Waals surface area contributed by atoms with Gasteiger partial charge in [-0.15, -0.1) is 10.2 Å². The van der Waals surface area contributed by atoms with E-state index >= 15 is 0 Å². The van der Waals surface area contributed by atoms with Crippen LogP contribution >= 0.6 is 0 Å². The molecule has 10 rings (SSSR count). The van der Waals surface area contributed by atoms with Gasteiger partial charge >= 0.3 is 0 Å². The first-order valence-corrected chi connectivity index (χ1v) is 18.7. The average Bonchev–Trinajstić information content (AvgIpc) is 3.82. The highest BCUT2D eigenvalue weighted by Crippen LogP contribution is 2.42. The van der Waals surface area contributed by atoms with E-state index < -0.39 is 0 Å². The molecule has 4 heteroatoms. The van der Waals surface area contributed by atoms with E-state index in [0.29, 0.717) is 11.8 Å². The zero-order chi connectivity index (χ0) is 36.4. The number of hydrogen-bond acceptors (Lipinski definition) is 3. The number of rotatable bonds is 3. The van der Waals surface area contributed by atoms with E-state index in [0.717, 1.165) is 24.0 Å². The zero-order valence-electron chi connectivity index (χ0n) is 30.7. The Morgan fingerprint density at radius 1 is 0.463 bits per heavy atom. The summed E-state index contributed by atoms with van der Waals surface area (Å²) in [5, 5.41) is 11.5. The van der Waals surface area contributed by atoms with Gasteiger partial charge in [0.1, 0.15) is 0 Å². The molecule has 0 radical (unpaired) electrons. The lowest BCUT2D eigenvalue weighted by Crippen LogP contribution is -2.10. The van der Waals surface area contributed by atoms with Crippen molar-refractivity contribution in [3.63, 3.8) is 0 Å². The van der Waals surface area contributed by atoms with E-state index in [-0.39, 0.29) is 5.41 Å². The fourth-order valence-electron chi connectivity index (χ4n) is 8.30. The Bertz CT molecular complexity index is 2850. The van der Waals surface area contributed by atoms with Crippen LogP contribution in [-0.4, -0.2) is 14.8 Å². The van der Waals surface area contributed by atoms with Crippen molar-refractivity contribution >= 4 is 21.8 Å². The Hall–Kier alpha value is -6.52. The van der Waals surface area contributed by atoms with Crippen LogP contribution in [0.5, 0.6) is 0 Å². The summed E-state index contributed by atoms with van der Waals surface area (Å²) >= 11 is 0. The molecular formula is C50H39N3O. The molecule has 54 heavy (non-hydrogen) atoms. The normalized spacial score (nSPS) is 12.6. The van der Waals surface area contributed by atoms with E-state index in [1.165, 1.54) is 77.6 Å². The summed E-state index contributed by atoms with van der Waals surface area (Å²) in [6.07, 6.45) is 1.56. The predicted molar refractivity (Wildman–Crippen MR) is 221 cm³/mol. The Balaban J connectivity index is 1.13. The molecule has 0 aliphatic heterocycles. The summed E-state index contributed by atoms with van der Waals surface area (Å²) in [7, 11) is 0. The second kappa shape index (κ2) is 12.6. The summed E-state index contributed by atoms with van der Waals surface area (Å²) in [5.74, 6) is 1.05. The van der Waals surface area contributed by atoms with Gasteiger partial charge in [0, 0.05) is 27.6 Å². The fourth-order valence-corrected chi connectivity index (χ4v) is 8.30. The molecule has 2 aromatic heterocycles. The quantitative estimate of drug-likeness (QED) is 0.185. The van der Waals surface area contributed by atoms with Crippen LogP contribution in [0.3, 0.4) is 0 Å². The molecule has 0 N–H and O–H groups in total. The highest BCUT2D eigenvalue weighted by Gasteiger charge is 2.23. The van der Waals surface area contributed by atoms with Gasteiger partial charge in [0.15, 0.2) is 0 Å². The van der Waals surface area contributed by atoms with Crippen molar-refractivity contribution in [1.82, 2.24) is 14.8 Å². The molecule has 7 aromatic carbocycles. The Morgan fingerprint density at radius 2 is 1.04 bits per heavy atom. The van der Waals surface area contributed by atoms with E-state index in [9.17, 15) is 0 Å². The van der Waals surface area contributed by atoms with E-state index in [2.05, 4.69) is 193 Å². The molecule has 0 saturated heterocycles. The van der Waals surface area contributed by atoms with Gasteiger partial charge in [0.25, 0.3) is 0 Å². The van der Waals surface area contributed by atoms with Crippen molar-refractivity contribution in [3.05, 3.63) is 186 Å². The Labute approximate surface area is 315 Å². The molecule has 260 valence electrons. The van der Waals surface area contributed by atoms with Crippen LogP contribution in [0.15, 0.2) is 162 Å². The van der Waals surface area contributed by atoms with Crippen LogP contribution in [0, 0.1) is 0 Å². The van der Waals surface area contributed by atoms with E-state index in [4.69, 9.17) is 4.42 Å². The molecule has 0 atom stereocenters. The van der Waals surface area contributed by atoms with Crippen molar-refractivity contribution < 1.29 is 4.42 Å². The Kier molecular flexibility index (Phi) is 7.48. The SMILES string of the molecule is CC(C)(C)c1ccc(-c2nnc(-c3ccc4c(c3)Cc3ccccc3-c3cc5c6ccccc6n(-c6ccccc6)c5cc3Cc3ccccc3-4)o2)cc1. The smallest absolute Gasteiger partial charge is 0.248 e. The second-order valence-electron chi connectivity index (χ2n) is 15.5. The maximum absolute atomic E-state index is 6.34. The number of nitrogens with zero attached hydrogens (tertiary/aromatic N) is 3. The first kappa shape index (κ1) is 32.2. The standard InChI is InChI=1S/C50H39N3O/c1-50(2,3)38-24-21-32(22-25-38)48-51-52-49(54-48)35-23-26-42-36(29-35)27-34-14-8-10-18-41(34)44-31-45-43-19-11-12-20-46(43)53(39-15-5-4-6-16-39)47(45)30-37(44)28-33-13-7-9-17-40(33)42/h4-26,29-31H,27-28H2,1-3H3. The topological polar surface area (TPSA) is 43.9 Å². The molecule has 0 bridgehead atoms. The van der Waals surface area contributed by atoms with Gasteiger partial charge in [-0.1, -0.05) is 124 Å². The van der Waals surface area contributed by atoms with Gasteiger partial charge in [-0.2, -0.15) is 0 Å². The molecule has 0 unspecified atom stereocenters. The molecule has 2 heterocycles. The first-order chi connectivity index (χ1) is 26.4. The molecule has 9 aromatic rings. The molecule has 0 fully saturated rings. The largest absolute Gasteiger partial charge is 0.416 e. The van der Waals surface area contributed by atoms with Crippen LogP contribution in [0.4, 0.5) is 0 Å². The third-order valence-corrected chi connectivity index (χ3v) is 11.1. The fraction of sp³-hybridized carbons (Fsp3) is 0.120. The minimum atomic E-state index is 0.0749. The number of aromatic nitrogens is 3. The highest BCUT2D eigenvalue weighted by atomic mass is 16.4. The van der Waals surface area contributed by atoms with E-state index in [1.54, 1.807) is 0 Å². The number of fused-ring (bicyclic) bond motifs is 9. The van der Waals surface area contributed by atoms with Crippen molar-refractivity contribution in [3.8, 4) is 50.8 Å². The lowest BCUT2D eigenvalue weighted by atomic mass is 9.83. The van der Waals surface area contributed by atoms with Gasteiger partial charge in [-0.3, -0.25) is 0 Å². The lowest BCUT2D eigenvalue weighted by Gasteiger charge is -2.21. The van der Waals surface area contributed by atoms with Crippen LogP contribution in [0.2, 0.25) is 0 Å². The van der Waals surface area contributed by atoms with Gasteiger partial charge in [-0.25, -0.2) is 0 Å². The first-order valence-electron chi connectivity index (χ1n) is 18.7. The highest BCUT2D eigenvalue weighted by molar-refractivity contribution is 6.11. The summed E-state index contributed by atoms with van der Waals surface area (Å²) in [6, 6.07) is 57.3. The van der Waals surface area contributed by atoms with Crippen LogP contribution in [-0.2, 0) is 18.3 Å². The molecule has 4 nitrogen and oxygen atoms in total. The van der Waals surface area contributed by atoms with Gasteiger partial charge in [-0.05, 0) is 123 Å². The van der Waals surface area contributed by atoms with Crippen molar-refractivity contribution in [2.24, 2.45) is 0 Å². The maximum atomic E-state index is 6.34. The number of benzene rings is 7. The molecule has 0 amide bonds. The monoisotopic (exact) mass is 697 g/mol. The molecular weight excluding hydrogens is 659 g/mol. The van der Waals surface area contributed by atoms with Crippen molar-refractivity contribution in [1.29, 1.82) is 0 Å². The molecule has 1 aliphatic rings. The minimum absolute atomic E-state index is 0.0749. The van der Waals surface area contributed by atoms with Gasteiger partial charge < -0.3 is 8.98 Å². The second-order valence-corrected chi connectivity index (χ2v) is 15.5. The third kappa shape index (κ3) is 5.45. The summed E-state index contributed by atoms with van der Waals surface area (Å²) in [6.45, 7) is 6.66. The molecule has 0 spiro atoms.